The van der Waals surface area contributed by atoms with Crippen LogP contribution in [0.4, 0.5) is 5.69 Å². The molecule has 3 aromatic rings. The second-order valence-corrected chi connectivity index (χ2v) is 11.5. The molecule has 13 heteroatoms. The van der Waals surface area contributed by atoms with Crippen molar-refractivity contribution >= 4 is 36.4 Å². The molecule has 3 rings (SSSR count). The zero-order valence-electron chi connectivity index (χ0n) is 18.1. The van der Waals surface area contributed by atoms with Gasteiger partial charge in [0.15, 0.2) is 0 Å². The van der Waals surface area contributed by atoms with Crippen molar-refractivity contribution in [3.8, 4) is 10.8 Å². The number of hydrogen-bond donors (Lipinski definition) is 3. The smallest absolute Gasteiger partial charge is 0.325 e. The Morgan fingerprint density at radius 3 is 2.82 bits per heavy atom. The molecule has 3 N–H and O–H groups in total. The number of hydrogen-bond acceptors (Lipinski definition) is 9. The van der Waals surface area contributed by atoms with E-state index >= 15 is 0 Å². The van der Waals surface area contributed by atoms with Gasteiger partial charge in [-0.05, 0) is 43.5 Å². The SMILES string of the molecule is CCc1cc(CNCCCP(=O)(O)O)sc1-c1nnc(SC(C)c2cccc([N+](=O)[O-])c2)o1. The topological polar surface area (TPSA) is 152 Å². The predicted octanol–water partition coefficient (Wildman–Crippen LogP) is 4.78. The Hall–Kier alpha value is -2.08. The van der Waals surface area contributed by atoms with Crippen LogP contribution in [-0.2, 0) is 17.5 Å². The van der Waals surface area contributed by atoms with E-state index in [2.05, 4.69) is 21.6 Å². The van der Waals surface area contributed by atoms with Crippen molar-refractivity contribution in [3.05, 3.63) is 56.5 Å². The second kappa shape index (κ2) is 11.4. The Kier molecular flexibility index (Phi) is 8.80. The number of nitro groups is 1. The lowest BCUT2D eigenvalue weighted by Gasteiger charge is -2.08. The van der Waals surface area contributed by atoms with Crippen LogP contribution in [0.15, 0.2) is 40.0 Å². The zero-order valence-corrected chi connectivity index (χ0v) is 20.7. The number of nitrogens with one attached hydrogen (secondary N) is 1. The molecule has 1 atom stereocenters. The second-order valence-electron chi connectivity index (χ2n) is 7.32. The molecule has 178 valence electrons. The molecular formula is C20H25N4O6PS2. The first-order valence-electron chi connectivity index (χ1n) is 10.3. The van der Waals surface area contributed by atoms with Gasteiger partial charge in [-0.3, -0.25) is 14.7 Å². The first kappa shape index (κ1) is 25.5. The molecule has 1 unspecified atom stereocenters. The Morgan fingerprint density at radius 2 is 2.12 bits per heavy atom. The van der Waals surface area contributed by atoms with Crippen LogP contribution in [-0.4, -0.2) is 37.6 Å². The van der Waals surface area contributed by atoms with Crippen LogP contribution in [0.2, 0.25) is 0 Å². The molecule has 0 aliphatic carbocycles. The van der Waals surface area contributed by atoms with Gasteiger partial charge in [-0.25, -0.2) is 0 Å². The maximum absolute atomic E-state index is 11.0. The fourth-order valence-electron chi connectivity index (χ4n) is 3.10. The third-order valence-electron chi connectivity index (χ3n) is 4.77. The number of nitro benzene ring substituents is 1. The van der Waals surface area contributed by atoms with Crippen LogP contribution in [0.1, 0.15) is 41.5 Å². The molecule has 0 aliphatic heterocycles. The van der Waals surface area contributed by atoms with Crippen molar-refractivity contribution in [2.24, 2.45) is 0 Å². The molecule has 0 fully saturated rings. The first-order valence-corrected chi connectivity index (χ1v) is 13.8. The molecule has 0 radical (unpaired) electrons. The average molecular weight is 513 g/mol. The van der Waals surface area contributed by atoms with Gasteiger partial charge in [0.05, 0.1) is 16.0 Å². The highest BCUT2D eigenvalue weighted by Gasteiger charge is 2.19. The summed E-state index contributed by atoms with van der Waals surface area (Å²) in [5, 5.41) is 22.8. The Morgan fingerprint density at radius 1 is 1.33 bits per heavy atom. The van der Waals surface area contributed by atoms with Gasteiger partial charge < -0.3 is 19.5 Å². The summed E-state index contributed by atoms with van der Waals surface area (Å²) in [7, 11) is -3.96. The van der Waals surface area contributed by atoms with Crippen LogP contribution >= 0.6 is 30.7 Å². The van der Waals surface area contributed by atoms with Gasteiger partial charge in [-0.1, -0.05) is 30.8 Å². The van der Waals surface area contributed by atoms with Gasteiger partial charge in [-0.2, -0.15) is 0 Å². The van der Waals surface area contributed by atoms with E-state index in [1.807, 2.05) is 19.9 Å². The van der Waals surface area contributed by atoms with E-state index in [0.29, 0.717) is 30.6 Å². The number of non-ortho nitro benzene ring substituents is 1. The van der Waals surface area contributed by atoms with Crippen molar-refractivity contribution < 1.29 is 23.7 Å². The average Bonchev–Trinajstić information content (AvgIpc) is 3.39. The largest absolute Gasteiger partial charge is 0.410 e. The highest BCUT2D eigenvalue weighted by molar-refractivity contribution is 7.99. The summed E-state index contributed by atoms with van der Waals surface area (Å²) in [6, 6.07) is 8.56. The van der Waals surface area contributed by atoms with E-state index in [1.54, 1.807) is 12.1 Å². The van der Waals surface area contributed by atoms with E-state index in [-0.39, 0.29) is 17.1 Å². The van der Waals surface area contributed by atoms with Gasteiger partial charge in [0, 0.05) is 28.8 Å². The number of aromatic nitrogens is 2. The zero-order chi connectivity index (χ0) is 24.0. The summed E-state index contributed by atoms with van der Waals surface area (Å²) in [5.41, 5.74) is 1.92. The lowest BCUT2D eigenvalue weighted by atomic mass is 10.1. The van der Waals surface area contributed by atoms with E-state index in [1.165, 1.54) is 29.2 Å². The molecule has 0 saturated carbocycles. The molecule has 10 nitrogen and oxygen atoms in total. The molecule has 0 spiro atoms. The summed E-state index contributed by atoms with van der Waals surface area (Å²) < 4.78 is 16.8. The van der Waals surface area contributed by atoms with Gasteiger partial charge in [0.25, 0.3) is 16.8 Å². The van der Waals surface area contributed by atoms with E-state index in [9.17, 15) is 14.7 Å². The maximum atomic E-state index is 11.0. The van der Waals surface area contributed by atoms with Crippen molar-refractivity contribution in [1.82, 2.24) is 15.5 Å². The minimum atomic E-state index is -3.96. The molecule has 2 aromatic heterocycles. The van der Waals surface area contributed by atoms with E-state index < -0.39 is 12.5 Å². The highest BCUT2D eigenvalue weighted by atomic mass is 32.2. The minimum Gasteiger partial charge on any atom is -0.410 e. The Balaban J connectivity index is 1.64. The van der Waals surface area contributed by atoms with Crippen LogP contribution < -0.4 is 5.32 Å². The lowest BCUT2D eigenvalue weighted by Crippen LogP contribution is -2.15. The Bertz CT molecular complexity index is 1150. The van der Waals surface area contributed by atoms with Crippen LogP contribution in [0.25, 0.3) is 10.8 Å². The Labute approximate surface area is 199 Å². The number of nitrogens with zero attached hydrogens (tertiary/aromatic N) is 3. The molecule has 1 aromatic carbocycles. The number of benzene rings is 1. The number of thioether (sulfide) groups is 1. The number of rotatable bonds is 12. The maximum Gasteiger partial charge on any atom is 0.325 e. The summed E-state index contributed by atoms with van der Waals surface area (Å²) in [4.78, 5) is 30.4. The minimum absolute atomic E-state index is 0.0419. The van der Waals surface area contributed by atoms with Gasteiger partial charge >= 0.3 is 7.60 Å². The third-order valence-corrected chi connectivity index (χ3v) is 7.83. The highest BCUT2D eigenvalue weighted by Crippen LogP contribution is 2.38. The lowest BCUT2D eigenvalue weighted by molar-refractivity contribution is -0.384. The number of thiophene rings is 1. The summed E-state index contributed by atoms with van der Waals surface area (Å²) in [6.45, 7) is 5.06. The molecule has 0 bridgehead atoms. The molecule has 33 heavy (non-hydrogen) atoms. The third kappa shape index (κ3) is 7.46. The normalized spacial score (nSPS) is 12.7. The fraction of sp³-hybridized carbons (Fsp3) is 0.400. The molecule has 2 heterocycles. The van der Waals surface area contributed by atoms with Crippen molar-refractivity contribution in [2.45, 2.75) is 43.7 Å². The van der Waals surface area contributed by atoms with Crippen LogP contribution in [0.5, 0.6) is 0 Å². The van der Waals surface area contributed by atoms with Gasteiger partial charge in [-0.15, -0.1) is 21.5 Å². The molecule has 0 amide bonds. The summed E-state index contributed by atoms with van der Waals surface area (Å²) in [5.74, 6) is 0.429. The molecule has 0 aliphatic rings. The van der Waals surface area contributed by atoms with E-state index in [0.717, 1.165) is 27.3 Å². The van der Waals surface area contributed by atoms with Crippen molar-refractivity contribution in [2.75, 3.05) is 12.7 Å². The predicted molar refractivity (Wildman–Crippen MR) is 128 cm³/mol. The van der Waals surface area contributed by atoms with Crippen molar-refractivity contribution in [1.29, 1.82) is 0 Å². The summed E-state index contributed by atoms with van der Waals surface area (Å²) in [6.07, 6.45) is 1.06. The first-order chi connectivity index (χ1) is 15.7. The van der Waals surface area contributed by atoms with E-state index in [4.69, 9.17) is 14.2 Å². The van der Waals surface area contributed by atoms with Gasteiger partial charge in [0.1, 0.15) is 0 Å². The summed E-state index contributed by atoms with van der Waals surface area (Å²) >= 11 is 2.88. The molecular weight excluding hydrogens is 487 g/mol. The molecule has 0 saturated heterocycles. The monoisotopic (exact) mass is 512 g/mol. The van der Waals surface area contributed by atoms with Crippen LogP contribution in [0.3, 0.4) is 0 Å². The van der Waals surface area contributed by atoms with Crippen LogP contribution in [0, 0.1) is 10.1 Å². The quantitative estimate of drug-likeness (QED) is 0.102. The van der Waals surface area contributed by atoms with Gasteiger partial charge in [0.2, 0.25) is 0 Å². The fourth-order valence-corrected chi connectivity index (χ4v) is 5.61. The number of aryl methyl sites for hydroxylation is 1. The standard InChI is InChI=1S/C20H25N4O6PS2/c1-3-14-11-17(12-21-8-5-9-31(27,28)29)33-18(14)19-22-23-20(30-19)32-13(2)15-6-4-7-16(10-15)24(25)26/h4,6-7,10-11,13,21H,3,5,8-9,12H2,1-2H3,(H2,27,28,29). The van der Waals surface area contributed by atoms with Crippen molar-refractivity contribution in [3.63, 3.8) is 0 Å².